The third-order valence-electron chi connectivity index (χ3n) is 3.31. The quantitative estimate of drug-likeness (QED) is 0.184. The minimum absolute atomic E-state index is 0. The average Bonchev–Trinajstić information content (AvgIpc) is 2.69. The molecule has 26 heteroatoms. The van der Waals surface area contributed by atoms with Gasteiger partial charge in [-0.2, -0.15) is 13.5 Å². The Morgan fingerprint density at radius 1 is 0.588 bits per heavy atom. The average molecular weight is 1040 g/mol. The summed E-state index contributed by atoms with van der Waals surface area (Å²) < 4.78 is 38.6. The number of nitrogens with one attached hydrogen (secondary N) is 1. The van der Waals surface area contributed by atoms with Crippen LogP contribution in [0.5, 0.6) is 0 Å². The highest BCUT2D eigenvalue weighted by Gasteiger charge is 2.30. The van der Waals surface area contributed by atoms with Gasteiger partial charge >= 0.3 is 0 Å². The van der Waals surface area contributed by atoms with Gasteiger partial charge in [-0.3, -0.25) is 19.1 Å². The Balaban J connectivity index is -0.0000000353. The van der Waals surface area contributed by atoms with E-state index in [2.05, 4.69) is 72.8 Å². The molecule has 1 heterocycles. The summed E-state index contributed by atoms with van der Waals surface area (Å²) in [7, 11) is 2.24. The predicted octanol–water partition coefficient (Wildman–Crippen LogP) is 20.0. The highest BCUT2D eigenvalue weighted by atomic mass is 35.9. The van der Waals surface area contributed by atoms with Crippen LogP contribution in [0.2, 0.25) is 0 Å². The topological polar surface area (TPSA) is 143 Å². The minimum Gasteiger partial charge on any atom is -0.383 e. The summed E-state index contributed by atoms with van der Waals surface area (Å²) in [6.07, 6.45) is 0. The van der Waals surface area contributed by atoms with Crippen molar-refractivity contribution < 1.29 is 9.47 Å². The van der Waals surface area contributed by atoms with E-state index in [4.69, 9.17) is 109 Å². The molecule has 1 aliphatic rings. The molecule has 0 aromatic rings. The van der Waals surface area contributed by atoms with Crippen LogP contribution in [0.25, 0.3) is 0 Å². The Morgan fingerprint density at radius 2 is 0.882 bits per heavy atom. The molecule has 0 aliphatic carbocycles. The summed E-state index contributed by atoms with van der Waals surface area (Å²) in [6.45, 7) is 17.6. The fourth-order valence-electron chi connectivity index (χ4n) is 2.16. The Morgan fingerprint density at radius 3 is 1.06 bits per heavy atom. The zero-order valence-electron chi connectivity index (χ0n) is 25.0. The number of hydrogen-bond acceptors (Lipinski definition) is 8. The van der Waals surface area contributed by atoms with E-state index in [1.165, 1.54) is 0 Å². The Kier molecular flexibility index (Phi) is 74.6. The van der Waals surface area contributed by atoms with Crippen LogP contribution in [-0.4, -0.2) is 101 Å². The van der Waals surface area contributed by atoms with Crippen LogP contribution in [0.3, 0.4) is 0 Å². The summed E-state index contributed by atoms with van der Waals surface area (Å²) in [5.41, 5.74) is 5.01. The first-order valence-corrected chi connectivity index (χ1v) is 33.5. The lowest BCUT2D eigenvalue weighted by atomic mass is 10.7. The molecule has 0 aromatic heterocycles. The number of halogens is 8. The van der Waals surface area contributed by atoms with Gasteiger partial charge in [0, 0.05) is 48.1 Å². The van der Waals surface area contributed by atoms with Gasteiger partial charge < -0.3 is 15.2 Å². The van der Waals surface area contributed by atoms with E-state index in [1.807, 2.05) is 7.05 Å². The van der Waals surface area contributed by atoms with Crippen molar-refractivity contribution in [2.24, 2.45) is 37.8 Å². The van der Waals surface area contributed by atoms with E-state index in [9.17, 15) is 0 Å². The van der Waals surface area contributed by atoms with Crippen LogP contribution in [0.4, 0.5) is 0 Å². The van der Waals surface area contributed by atoms with E-state index >= 15 is 0 Å². The lowest BCUT2D eigenvalue weighted by Crippen LogP contribution is -2.14. The molecule has 51 heavy (non-hydrogen) atoms. The van der Waals surface area contributed by atoms with Crippen LogP contribution in [0, 0.1) is 0 Å². The summed E-state index contributed by atoms with van der Waals surface area (Å²) >= 11 is 44.7. The number of nitrogens with zero attached hydrogens (tertiary/aromatic N) is 7. The lowest BCUT2D eigenvalue weighted by Gasteiger charge is -2.22. The molecule has 0 saturated heterocycles. The first-order chi connectivity index (χ1) is 18.1. The number of nitrogens with two attached hydrogens (primary N) is 1. The monoisotopic (exact) mass is 1040 g/mol. The molecule has 0 radical (unpaired) electrons. The SMILES string of the molecule is C.C.C.C.C.C.C.C.C.C.CN=P(C)(Cl)Cl.CN=P(C)(N=P(C)(C)N=P(C)(C)C)NCCOC.COCCN.ClP1(Cl)=NP(Cl)(Cl)=NP(Cl)(Cl)=N1. The second kappa shape index (κ2) is 41.9. The van der Waals surface area contributed by atoms with Gasteiger partial charge in [0.25, 0.3) is 17.7 Å². The van der Waals surface area contributed by atoms with Crippen LogP contribution >= 0.6 is 135 Å². The van der Waals surface area contributed by atoms with Crippen LogP contribution in [0.1, 0.15) is 74.3 Å². The minimum atomic E-state index is -2.91. The van der Waals surface area contributed by atoms with Gasteiger partial charge in [-0.05, 0) is 114 Å². The third-order valence-corrected chi connectivity index (χ3v) is 26.0. The zero-order chi connectivity index (χ0) is 33.4. The molecule has 1 rings (SSSR count). The van der Waals surface area contributed by atoms with Gasteiger partial charge in [-0.25, -0.2) is 4.52 Å². The number of ether oxygens (including phenoxy) is 2. The Labute approximate surface area is 360 Å². The van der Waals surface area contributed by atoms with Crippen molar-refractivity contribution in [3.05, 3.63) is 0 Å². The van der Waals surface area contributed by atoms with Crippen molar-refractivity contribution in [3.63, 3.8) is 0 Å². The molecule has 11 nitrogen and oxygen atoms in total. The van der Waals surface area contributed by atoms with Crippen molar-refractivity contribution >= 4 is 135 Å². The van der Waals surface area contributed by atoms with Crippen molar-refractivity contribution in [1.29, 1.82) is 0 Å². The van der Waals surface area contributed by atoms with Gasteiger partial charge in [0.2, 0.25) is 0 Å². The van der Waals surface area contributed by atoms with E-state index in [0.717, 1.165) is 6.54 Å². The first kappa shape index (κ1) is 90.8. The molecule has 332 valence electrons. The summed E-state index contributed by atoms with van der Waals surface area (Å²) in [6, 6.07) is 0. The van der Waals surface area contributed by atoms with Crippen LogP contribution < -0.4 is 10.8 Å². The molecule has 0 aromatic carbocycles. The van der Waals surface area contributed by atoms with E-state index in [-0.39, 0.29) is 74.3 Å². The molecule has 0 fully saturated rings. The molecule has 3 N–H and O–H groups in total. The fraction of sp³-hybridized carbons (Fsp3) is 1.00. The maximum absolute atomic E-state index is 5.64. The smallest absolute Gasteiger partial charge is 0.257 e. The van der Waals surface area contributed by atoms with Crippen LogP contribution in [-0.2, 0) is 9.47 Å². The molecular weight excluding hydrogens is 959 g/mol. The largest absolute Gasteiger partial charge is 0.383 e. The first-order valence-electron chi connectivity index (χ1n) is 11.2. The highest BCUT2D eigenvalue weighted by Crippen LogP contribution is 2.87. The maximum Gasteiger partial charge on any atom is 0.257 e. The standard InChI is InChI=1S/C10H29N4OP3.C3H9NO.C2H6Cl2NP.10CH4.Cl6N3P3/c1-11-18(8,12-9-10-15-2)14-17(6,7)13-16(3,4)5;1-5-3-2-4;1-5-6(2,3)4;;;;;;;;;;;1-10(2)7-11(3,4)9-12(5,6)8-10/h12H,9-10H2,1-8H3;2-4H2,1H3;1-2H3;10*1H4;. The molecule has 1 aliphatic heterocycles. The third kappa shape index (κ3) is 63.2. The fourth-order valence-corrected chi connectivity index (χ4v) is 31.3. The summed E-state index contributed by atoms with van der Waals surface area (Å²) in [4.78, 5) is 0. The van der Waals surface area contributed by atoms with Crippen molar-refractivity contribution in [3.8, 4) is 0 Å². The molecule has 0 amide bonds. The van der Waals surface area contributed by atoms with Gasteiger partial charge in [0.05, 0.1) is 20.4 Å². The maximum atomic E-state index is 5.64. The van der Waals surface area contributed by atoms with Crippen LogP contribution in [0.15, 0.2) is 32.1 Å². The predicted molar refractivity (Wildman–Crippen MR) is 274 cm³/mol. The molecule has 1 atom stereocenters. The van der Waals surface area contributed by atoms with E-state index in [0.29, 0.717) is 19.8 Å². The van der Waals surface area contributed by atoms with Gasteiger partial charge in [0.1, 0.15) is 13.1 Å². The Bertz CT molecular complexity index is 1100. The molecule has 0 saturated carbocycles. The molecule has 0 bridgehead atoms. The van der Waals surface area contributed by atoms with Crippen molar-refractivity contribution in [2.75, 3.05) is 101 Å². The van der Waals surface area contributed by atoms with Crippen molar-refractivity contribution in [1.82, 2.24) is 5.09 Å². The Hall–Kier alpha value is 3.77. The molecule has 0 spiro atoms. The van der Waals surface area contributed by atoms with Gasteiger partial charge in [0.15, 0.2) is 0 Å². The second-order valence-corrected chi connectivity index (χ2v) is 40.7. The normalized spacial score (nSPS) is 14.7. The van der Waals surface area contributed by atoms with E-state index < -0.39 is 45.1 Å². The number of rotatable bonds is 8. The van der Waals surface area contributed by atoms with Gasteiger partial charge in [-0.15, -0.1) is 0 Å². The molecule has 1 unspecified atom stereocenters. The highest BCUT2D eigenvalue weighted by molar-refractivity contribution is 8.26. The van der Waals surface area contributed by atoms with Gasteiger partial charge in [-0.1, -0.05) is 96.7 Å². The summed E-state index contributed by atoms with van der Waals surface area (Å²) in [5.74, 6) is -10.6. The second-order valence-electron chi connectivity index (χ2n) is 8.84. The number of hydrogen-bond donors (Lipinski definition) is 2. The molecular formula is C25H84Cl8N9O2P7. The lowest BCUT2D eigenvalue weighted by molar-refractivity contribution is 0.204. The zero-order valence-corrected chi connectivity index (χ0v) is 37.3. The van der Waals surface area contributed by atoms with E-state index in [1.54, 1.807) is 27.9 Å². The van der Waals surface area contributed by atoms with Crippen molar-refractivity contribution in [2.45, 2.75) is 74.3 Å². The number of methoxy groups -OCH3 is 2. The summed E-state index contributed by atoms with van der Waals surface area (Å²) in [5, 5.41) is 3.42.